The summed E-state index contributed by atoms with van der Waals surface area (Å²) in [6.45, 7) is 3.73. The molecule has 0 saturated heterocycles. The summed E-state index contributed by atoms with van der Waals surface area (Å²) in [6, 6.07) is 13.4. The number of amides is 2. The molecule has 1 heterocycles. The van der Waals surface area contributed by atoms with Gasteiger partial charge in [0.2, 0.25) is 0 Å². The van der Waals surface area contributed by atoms with E-state index in [0.29, 0.717) is 16.1 Å². The van der Waals surface area contributed by atoms with E-state index in [1.807, 2.05) is 50.2 Å². The van der Waals surface area contributed by atoms with Crippen LogP contribution in [-0.2, 0) is 0 Å². The molecule has 1 aromatic heterocycles. The Morgan fingerprint density at radius 3 is 2.43 bits per heavy atom. The minimum Gasteiger partial charge on any atom is -0.365 e. The van der Waals surface area contributed by atoms with Gasteiger partial charge in [-0.15, -0.1) is 11.3 Å². The predicted octanol–water partition coefficient (Wildman–Crippen LogP) is 3.87. The van der Waals surface area contributed by atoms with Gasteiger partial charge in [-0.25, -0.2) is 0 Å². The van der Waals surface area contributed by atoms with Gasteiger partial charge in [0, 0.05) is 10.4 Å². The second-order valence-electron chi connectivity index (χ2n) is 5.37. The topological polar surface area (TPSA) is 72.2 Å². The third kappa shape index (κ3) is 2.83. The highest BCUT2D eigenvalue weighted by Gasteiger charge is 2.19. The molecule has 0 spiro atoms. The quantitative estimate of drug-likeness (QED) is 0.767. The maximum absolute atomic E-state index is 12.5. The fourth-order valence-electron chi connectivity index (χ4n) is 2.52. The van der Waals surface area contributed by atoms with Crippen LogP contribution in [-0.4, -0.2) is 11.8 Å². The highest BCUT2D eigenvalue weighted by molar-refractivity contribution is 7.16. The number of aryl methyl sites for hydroxylation is 1. The third-order valence-corrected chi connectivity index (χ3v) is 4.99. The average Bonchev–Trinajstić information content (AvgIpc) is 2.81. The van der Waals surface area contributed by atoms with E-state index < -0.39 is 5.91 Å². The van der Waals surface area contributed by atoms with Gasteiger partial charge in [0.1, 0.15) is 5.00 Å². The Hall–Kier alpha value is -2.66. The molecule has 0 aliphatic rings. The molecule has 0 aliphatic heterocycles. The van der Waals surface area contributed by atoms with Crippen molar-refractivity contribution in [1.82, 2.24) is 0 Å². The van der Waals surface area contributed by atoms with Crippen LogP contribution in [0.4, 0.5) is 5.00 Å². The maximum atomic E-state index is 12.5. The van der Waals surface area contributed by atoms with E-state index in [4.69, 9.17) is 5.73 Å². The van der Waals surface area contributed by atoms with Gasteiger partial charge in [0.25, 0.3) is 11.8 Å². The van der Waals surface area contributed by atoms with Crippen molar-refractivity contribution in [3.63, 3.8) is 0 Å². The van der Waals surface area contributed by atoms with Crippen molar-refractivity contribution in [3.8, 4) is 0 Å². The number of hydrogen-bond acceptors (Lipinski definition) is 3. The van der Waals surface area contributed by atoms with Gasteiger partial charge in [0.05, 0.1) is 5.56 Å². The number of nitrogens with one attached hydrogen (secondary N) is 1. The number of fused-ring (bicyclic) bond motifs is 1. The van der Waals surface area contributed by atoms with E-state index in [1.165, 1.54) is 11.3 Å². The van der Waals surface area contributed by atoms with Crippen molar-refractivity contribution in [3.05, 3.63) is 64.0 Å². The van der Waals surface area contributed by atoms with Crippen LogP contribution >= 0.6 is 11.3 Å². The standard InChI is InChI=1S/C18H16N2O2S/c1-10-11(2)23-18(15(10)16(19)21)20-17(22)14-8-7-12-5-3-4-6-13(12)9-14/h3-9H,1-2H3,(H2,19,21)(H,20,22). The first-order chi connectivity index (χ1) is 11.0. The molecule has 3 aromatic rings. The molecular formula is C18H16N2O2S. The number of anilines is 1. The zero-order valence-corrected chi connectivity index (χ0v) is 13.7. The fraction of sp³-hybridized carbons (Fsp3) is 0.111. The van der Waals surface area contributed by atoms with Gasteiger partial charge in [-0.2, -0.15) is 0 Å². The maximum Gasteiger partial charge on any atom is 0.256 e. The summed E-state index contributed by atoms with van der Waals surface area (Å²) in [5.74, 6) is -0.778. The normalized spacial score (nSPS) is 10.7. The van der Waals surface area contributed by atoms with Crippen LogP contribution in [0, 0.1) is 13.8 Å². The molecule has 116 valence electrons. The van der Waals surface area contributed by atoms with Gasteiger partial charge < -0.3 is 11.1 Å². The number of hydrogen-bond donors (Lipinski definition) is 2. The van der Waals surface area contributed by atoms with E-state index in [2.05, 4.69) is 5.32 Å². The van der Waals surface area contributed by atoms with Crippen molar-refractivity contribution in [2.45, 2.75) is 13.8 Å². The molecule has 2 aromatic carbocycles. The Labute approximate surface area is 137 Å². The van der Waals surface area contributed by atoms with Crippen molar-refractivity contribution >= 4 is 38.9 Å². The summed E-state index contributed by atoms with van der Waals surface area (Å²) < 4.78 is 0. The van der Waals surface area contributed by atoms with Crippen LogP contribution in [0.5, 0.6) is 0 Å². The Morgan fingerprint density at radius 2 is 1.74 bits per heavy atom. The first-order valence-corrected chi connectivity index (χ1v) is 7.99. The van der Waals surface area contributed by atoms with E-state index in [0.717, 1.165) is 21.2 Å². The third-order valence-electron chi connectivity index (χ3n) is 3.87. The lowest BCUT2D eigenvalue weighted by Gasteiger charge is -2.06. The minimum absolute atomic E-state index is 0.250. The van der Waals surface area contributed by atoms with Gasteiger partial charge in [-0.1, -0.05) is 30.3 Å². The lowest BCUT2D eigenvalue weighted by Crippen LogP contribution is -2.17. The van der Waals surface area contributed by atoms with Crippen molar-refractivity contribution < 1.29 is 9.59 Å². The summed E-state index contributed by atoms with van der Waals surface area (Å²) in [6.07, 6.45) is 0. The van der Waals surface area contributed by atoms with Crippen LogP contribution in [0.25, 0.3) is 10.8 Å². The second-order valence-corrected chi connectivity index (χ2v) is 6.59. The number of nitrogens with two attached hydrogens (primary N) is 1. The molecule has 0 aliphatic carbocycles. The predicted molar refractivity (Wildman–Crippen MR) is 94.2 cm³/mol. The number of rotatable bonds is 3. The highest BCUT2D eigenvalue weighted by atomic mass is 32.1. The molecule has 23 heavy (non-hydrogen) atoms. The van der Waals surface area contributed by atoms with Gasteiger partial charge >= 0.3 is 0 Å². The zero-order valence-electron chi connectivity index (χ0n) is 12.8. The van der Waals surface area contributed by atoms with E-state index in [9.17, 15) is 9.59 Å². The average molecular weight is 324 g/mol. The number of thiophene rings is 1. The fourth-order valence-corrected chi connectivity index (χ4v) is 3.58. The first kappa shape index (κ1) is 15.2. The Balaban J connectivity index is 1.95. The number of carbonyl (C=O) groups is 2. The zero-order chi connectivity index (χ0) is 16.6. The number of primary amides is 1. The van der Waals surface area contributed by atoms with E-state index in [-0.39, 0.29) is 5.91 Å². The molecule has 0 radical (unpaired) electrons. The summed E-state index contributed by atoms with van der Waals surface area (Å²) in [4.78, 5) is 25.1. The van der Waals surface area contributed by atoms with Crippen LogP contribution in [0.3, 0.4) is 0 Å². The summed E-state index contributed by atoms with van der Waals surface area (Å²) >= 11 is 1.36. The monoisotopic (exact) mass is 324 g/mol. The molecular weight excluding hydrogens is 308 g/mol. The van der Waals surface area contributed by atoms with Crippen LogP contribution in [0.1, 0.15) is 31.2 Å². The molecule has 0 unspecified atom stereocenters. The molecule has 2 amide bonds. The molecule has 0 atom stereocenters. The molecule has 0 bridgehead atoms. The van der Waals surface area contributed by atoms with Crippen molar-refractivity contribution in [2.75, 3.05) is 5.32 Å². The molecule has 4 nitrogen and oxygen atoms in total. The molecule has 3 rings (SSSR count). The lowest BCUT2D eigenvalue weighted by atomic mass is 10.1. The van der Waals surface area contributed by atoms with Crippen molar-refractivity contribution in [2.24, 2.45) is 5.73 Å². The first-order valence-electron chi connectivity index (χ1n) is 7.17. The van der Waals surface area contributed by atoms with Gasteiger partial charge in [-0.3, -0.25) is 9.59 Å². The summed E-state index contributed by atoms with van der Waals surface area (Å²) in [5.41, 5.74) is 7.18. The Kier molecular flexibility index (Phi) is 3.88. The smallest absolute Gasteiger partial charge is 0.256 e. The minimum atomic E-state index is -0.527. The highest BCUT2D eigenvalue weighted by Crippen LogP contribution is 2.32. The van der Waals surface area contributed by atoms with Crippen LogP contribution in [0.2, 0.25) is 0 Å². The molecule has 0 saturated carbocycles. The Bertz CT molecular complexity index is 928. The summed E-state index contributed by atoms with van der Waals surface area (Å²) in [5, 5.41) is 5.39. The second kappa shape index (κ2) is 5.85. The molecule has 3 N–H and O–H groups in total. The van der Waals surface area contributed by atoms with Crippen molar-refractivity contribution in [1.29, 1.82) is 0 Å². The molecule has 5 heteroatoms. The van der Waals surface area contributed by atoms with Gasteiger partial charge in [0.15, 0.2) is 0 Å². The largest absolute Gasteiger partial charge is 0.365 e. The van der Waals surface area contributed by atoms with E-state index >= 15 is 0 Å². The van der Waals surface area contributed by atoms with E-state index in [1.54, 1.807) is 6.07 Å². The SMILES string of the molecule is Cc1sc(NC(=O)c2ccc3ccccc3c2)c(C(N)=O)c1C. The van der Waals surface area contributed by atoms with Crippen LogP contribution < -0.4 is 11.1 Å². The number of benzene rings is 2. The van der Waals surface area contributed by atoms with Gasteiger partial charge in [-0.05, 0) is 42.3 Å². The lowest BCUT2D eigenvalue weighted by molar-refractivity contribution is 0.100. The number of carbonyl (C=O) groups excluding carboxylic acids is 2. The summed E-state index contributed by atoms with van der Waals surface area (Å²) in [7, 11) is 0. The van der Waals surface area contributed by atoms with Crippen LogP contribution in [0.15, 0.2) is 42.5 Å². The Morgan fingerprint density at radius 1 is 1.04 bits per heavy atom. The molecule has 0 fully saturated rings.